The molecule has 4 aromatic rings. The molecule has 41 heavy (non-hydrogen) atoms. The Labute approximate surface area is 245 Å². The molecule has 1 aromatic heterocycles. The van der Waals surface area contributed by atoms with Crippen LogP contribution in [0.4, 0.5) is 0 Å². The lowest BCUT2D eigenvalue weighted by molar-refractivity contribution is -0.150. The molecule has 1 heterocycles. The van der Waals surface area contributed by atoms with Crippen molar-refractivity contribution < 1.29 is 28.9 Å². The molecule has 0 bridgehead atoms. The first-order chi connectivity index (χ1) is 19.5. The summed E-state index contributed by atoms with van der Waals surface area (Å²) < 4.78 is 16.2. The molecule has 0 saturated heterocycles. The van der Waals surface area contributed by atoms with Crippen molar-refractivity contribution in [1.82, 2.24) is 9.97 Å². The van der Waals surface area contributed by atoms with Gasteiger partial charge in [0, 0.05) is 5.02 Å². The molecule has 0 aliphatic heterocycles. The zero-order valence-corrected chi connectivity index (χ0v) is 24.6. The van der Waals surface area contributed by atoms with Crippen LogP contribution in [0.5, 0.6) is 17.4 Å². The Morgan fingerprint density at radius 3 is 2.17 bits per heavy atom. The normalized spacial score (nSPS) is 12.2. The summed E-state index contributed by atoms with van der Waals surface area (Å²) in [6, 6.07) is 20.0. The monoisotopic (exact) mass is 578 g/mol. The van der Waals surface area contributed by atoms with E-state index in [2.05, 4.69) is 23.8 Å². The molecule has 216 valence electrons. The average Bonchev–Trinajstić information content (AvgIpc) is 2.94. The number of fused-ring (bicyclic) bond motifs is 1. The SMILES string of the molecule is CC(C)Cc1ccc(C(C)C(=O)O)cc1.CCOC(=O)C(C)Oc1ccc(Oc2cnc3cc(Cl)ccc3n2)cc1. The molecule has 0 amide bonds. The van der Waals surface area contributed by atoms with Crippen molar-refractivity contribution in [3.8, 4) is 17.4 Å². The molecule has 0 spiro atoms. The Kier molecular flexibility index (Phi) is 11.5. The Balaban J connectivity index is 0.000000263. The molecule has 4 rings (SSSR count). The van der Waals surface area contributed by atoms with E-state index in [0.29, 0.717) is 46.0 Å². The van der Waals surface area contributed by atoms with Gasteiger partial charge in [-0.3, -0.25) is 4.79 Å². The van der Waals surface area contributed by atoms with E-state index in [9.17, 15) is 9.59 Å². The van der Waals surface area contributed by atoms with Gasteiger partial charge < -0.3 is 19.3 Å². The van der Waals surface area contributed by atoms with E-state index in [0.717, 1.165) is 12.0 Å². The molecule has 1 N–H and O–H groups in total. The first-order valence-electron chi connectivity index (χ1n) is 13.4. The van der Waals surface area contributed by atoms with Crippen molar-refractivity contribution in [3.63, 3.8) is 0 Å². The second-order valence-corrected chi connectivity index (χ2v) is 10.3. The minimum absolute atomic E-state index is 0.318. The van der Waals surface area contributed by atoms with Crippen LogP contribution in [0.1, 0.15) is 51.7 Å². The lowest BCUT2D eigenvalue weighted by atomic mass is 9.97. The van der Waals surface area contributed by atoms with Gasteiger partial charge in [-0.15, -0.1) is 0 Å². The molecule has 0 saturated carbocycles. The van der Waals surface area contributed by atoms with Crippen LogP contribution in [-0.2, 0) is 20.7 Å². The molecule has 0 aliphatic rings. The Bertz CT molecular complexity index is 1440. The fraction of sp³-hybridized carbons (Fsp3) is 0.312. The number of carbonyl (C=O) groups excluding carboxylic acids is 1. The quantitative estimate of drug-likeness (QED) is 0.193. The van der Waals surface area contributed by atoms with E-state index in [1.165, 1.54) is 11.8 Å². The predicted octanol–water partition coefficient (Wildman–Crippen LogP) is 7.48. The van der Waals surface area contributed by atoms with Crippen LogP contribution in [0.25, 0.3) is 11.0 Å². The second kappa shape index (κ2) is 15.0. The molecule has 3 aromatic carbocycles. The number of nitrogens with zero attached hydrogens (tertiary/aromatic N) is 2. The summed E-state index contributed by atoms with van der Waals surface area (Å²) in [5, 5.41) is 9.45. The van der Waals surface area contributed by atoms with E-state index in [-0.39, 0.29) is 0 Å². The van der Waals surface area contributed by atoms with Crippen molar-refractivity contribution in [2.45, 2.75) is 53.1 Å². The highest BCUT2D eigenvalue weighted by Crippen LogP contribution is 2.25. The van der Waals surface area contributed by atoms with Crippen molar-refractivity contribution in [2.75, 3.05) is 6.61 Å². The lowest BCUT2D eigenvalue weighted by Crippen LogP contribution is -2.25. The fourth-order valence-electron chi connectivity index (χ4n) is 3.79. The van der Waals surface area contributed by atoms with Crippen LogP contribution in [0.2, 0.25) is 5.02 Å². The number of esters is 1. The highest BCUT2D eigenvalue weighted by molar-refractivity contribution is 6.31. The standard InChI is InChI=1S/C19H17ClN2O4.C13H18O2/c1-3-24-19(23)12(2)25-14-5-7-15(8-6-14)26-18-11-21-17-10-13(20)4-9-16(17)22-18;1-9(2)8-11-4-6-12(7-5-11)10(3)13(14)15/h4-12H,3H2,1-2H3;4-7,9-10H,8H2,1-3H3,(H,14,15). The summed E-state index contributed by atoms with van der Waals surface area (Å²) in [7, 11) is 0. The third-order valence-electron chi connectivity index (χ3n) is 5.95. The molecule has 9 heteroatoms. The molecular formula is C32H35ClN2O6. The topological polar surface area (TPSA) is 108 Å². The summed E-state index contributed by atoms with van der Waals surface area (Å²) >= 11 is 5.94. The lowest BCUT2D eigenvalue weighted by Gasteiger charge is -2.13. The minimum Gasteiger partial charge on any atom is -0.481 e. The molecule has 2 atom stereocenters. The molecule has 0 radical (unpaired) electrons. The summed E-state index contributed by atoms with van der Waals surface area (Å²) in [6.07, 6.45) is 1.90. The minimum atomic E-state index is -0.772. The predicted molar refractivity (Wildman–Crippen MR) is 159 cm³/mol. The number of hydrogen-bond donors (Lipinski definition) is 1. The first-order valence-corrected chi connectivity index (χ1v) is 13.8. The van der Waals surface area contributed by atoms with Crippen molar-refractivity contribution in [1.29, 1.82) is 0 Å². The number of aliphatic carboxylic acids is 1. The van der Waals surface area contributed by atoms with Crippen LogP contribution in [-0.4, -0.2) is 39.7 Å². The van der Waals surface area contributed by atoms with Gasteiger partial charge in [-0.05, 0) is 86.7 Å². The largest absolute Gasteiger partial charge is 0.481 e. The molecule has 2 unspecified atom stereocenters. The average molecular weight is 579 g/mol. The highest BCUT2D eigenvalue weighted by Gasteiger charge is 2.16. The van der Waals surface area contributed by atoms with E-state index >= 15 is 0 Å². The van der Waals surface area contributed by atoms with Gasteiger partial charge in [0.1, 0.15) is 11.5 Å². The fourth-order valence-corrected chi connectivity index (χ4v) is 3.96. The number of carboxylic acids is 1. The number of carboxylic acid groups (broad SMARTS) is 1. The first kappa shape index (κ1) is 31.4. The van der Waals surface area contributed by atoms with Gasteiger partial charge in [-0.2, -0.15) is 0 Å². The Hall–Kier alpha value is -4.17. The van der Waals surface area contributed by atoms with Crippen LogP contribution in [0.3, 0.4) is 0 Å². The van der Waals surface area contributed by atoms with Crippen molar-refractivity contribution in [3.05, 3.63) is 89.1 Å². The maximum Gasteiger partial charge on any atom is 0.347 e. The van der Waals surface area contributed by atoms with Gasteiger partial charge in [0.15, 0.2) is 6.10 Å². The number of carbonyl (C=O) groups is 2. The van der Waals surface area contributed by atoms with Crippen molar-refractivity contribution in [2.24, 2.45) is 5.92 Å². The summed E-state index contributed by atoms with van der Waals surface area (Å²) in [5.74, 6) is 0.520. The number of benzene rings is 3. The molecule has 0 aliphatic carbocycles. The number of hydrogen-bond acceptors (Lipinski definition) is 7. The number of ether oxygens (including phenoxy) is 3. The maximum atomic E-state index is 11.6. The van der Waals surface area contributed by atoms with Crippen LogP contribution in [0.15, 0.2) is 72.9 Å². The summed E-state index contributed by atoms with van der Waals surface area (Å²) in [6.45, 7) is 9.76. The van der Waals surface area contributed by atoms with Gasteiger partial charge in [-0.25, -0.2) is 14.8 Å². The summed E-state index contributed by atoms with van der Waals surface area (Å²) in [4.78, 5) is 31.0. The van der Waals surface area contributed by atoms with Gasteiger partial charge in [0.25, 0.3) is 0 Å². The zero-order chi connectivity index (χ0) is 29.9. The summed E-state index contributed by atoms with van der Waals surface area (Å²) in [5.41, 5.74) is 3.53. The molecule has 8 nitrogen and oxygen atoms in total. The molecule has 0 fully saturated rings. The number of aromatic nitrogens is 2. The zero-order valence-electron chi connectivity index (χ0n) is 23.8. The highest BCUT2D eigenvalue weighted by atomic mass is 35.5. The van der Waals surface area contributed by atoms with E-state index in [4.69, 9.17) is 30.9 Å². The third kappa shape index (κ3) is 9.76. The van der Waals surface area contributed by atoms with E-state index in [1.807, 2.05) is 24.3 Å². The maximum absolute atomic E-state index is 11.6. The number of halogens is 1. The van der Waals surface area contributed by atoms with Crippen LogP contribution < -0.4 is 9.47 Å². The van der Waals surface area contributed by atoms with Crippen LogP contribution in [0, 0.1) is 5.92 Å². The van der Waals surface area contributed by atoms with Gasteiger partial charge in [0.2, 0.25) is 5.88 Å². The smallest absolute Gasteiger partial charge is 0.347 e. The van der Waals surface area contributed by atoms with Crippen molar-refractivity contribution >= 4 is 34.6 Å². The van der Waals surface area contributed by atoms with Gasteiger partial charge >= 0.3 is 11.9 Å². The van der Waals surface area contributed by atoms with E-state index < -0.39 is 24.0 Å². The Morgan fingerprint density at radius 1 is 0.902 bits per heavy atom. The third-order valence-corrected chi connectivity index (χ3v) is 6.19. The number of rotatable bonds is 10. The van der Waals surface area contributed by atoms with Gasteiger partial charge in [-0.1, -0.05) is 49.7 Å². The van der Waals surface area contributed by atoms with E-state index in [1.54, 1.807) is 63.2 Å². The second-order valence-electron chi connectivity index (χ2n) is 9.83. The van der Waals surface area contributed by atoms with Crippen LogP contribution >= 0.6 is 11.6 Å². The van der Waals surface area contributed by atoms with Gasteiger partial charge in [0.05, 0.1) is 29.8 Å². The molecular weight excluding hydrogens is 544 g/mol. The Morgan fingerprint density at radius 2 is 1.56 bits per heavy atom.